The number of amides is 1. The van der Waals surface area contributed by atoms with Crippen molar-refractivity contribution in [2.75, 3.05) is 31.1 Å². The molecule has 0 spiro atoms. The number of piperazine rings is 1. The van der Waals surface area contributed by atoms with Gasteiger partial charge in [-0.2, -0.15) is 5.26 Å². The van der Waals surface area contributed by atoms with Crippen LogP contribution in [0.5, 0.6) is 5.75 Å². The first-order chi connectivity index (χ1) is 12.2. The van der Waals surface area contributed by atoms with Crippen molar-refractivity contribution in [3.05, 3.63) is 65.7 Å². The van der Waals surface area contributed by atoms with Gasteiger partial charge in [0.05, 0.1) is 0 Å². The van der Waals surface area contributed by atoms with E-state index in [9.17, 15) is 15.2 Å². The van der Waals surface area contributed by atoms with E-state index >= 15 is 0 Å². The number of anilines is 1. The number of phenols is 1. The lowest BCUT2D eigenvalue weighted by molar-refractivity contribution is -0.126. The number of phenolic OH excluding ortho intramolecular Hbond substituents is 1. The number of carbonyl (C=O) groups excluding carboxylic acids is 1. The Labute approximate surface area is 147 Å². The van der Waals surface area contributed by atoms with Gasteiger partial charge in [-0.25, -0.2) is 0 Å². The van der Waals surface area contributed by atoms with Gasteiger partial charge in [0.15, 0.2) is 0 Å². The van der Waals surface area contributed by atoms with Crippen LogP contribution in [0.2, 0.25) is 0 Å². The van der Waals surface area contributed by atoms with Crippen LogP contribution in [-0.2, 0) is 4.79 Å². The average Bonchev–Trinajstić information content (AvgIpc) is 2.68. The van der Waals surface area contributed by atoms with Crippen LogP contribution in [0.1, 0.15) is 5.56 Å². The normalized spacial score (nSPS) is 14.9. The summed E-state index contributed by atoms with van der Waals surface area (Å²) in [4.78, 5) is 16.6. The molecule has 0 saturated carbocycles. The predicted octanol–water partition coefficient (Wildman–Crippen LogP) is 2.65. The van der Waals surface area contributed by atoms with Gasteiger partial charge in [0.1, 0.15) is 17.4 Å². The van der Waals surface area contributed by atoms with Gasteiger partial charge < -0.3 is 14.9 Å². The van der Waals surface area contributed by atoms with Crippen molar-refractivity contribution in [2.24, 2.45) is 0 Å². The number of nitriles is 1. The lowest BCUT2D eigenvalue weighted by atomic mass is 10.1. The fraction of sp³-hybridized carbons (Fsp3) is 0.200. The Balaban J connectivity index is 1.66. The van der Waals surface area contributed by atoms with Crippen molar-refractivity contribution in [2.45, 2.75) is 0 Å². The third kappa shape index (κ3) is 3.99. The first-order valence-corrected chi connectivity index (χ1v) is 8.17. The number of hydrogen-bond acceptors (Lipinski definition) is 4. The number of para-hydroxylation sites is 1. The van der Waals surface area contributed by atoms with E-state index in [-0.39, 0.29) is 17.2 Å². The topological polar surface area (TPSA) is 67.6 Å². The van der Waals surface area contributed by atoms with Crippen molar-refractivity contribution >= 4 is 17.7 Å². The summed E-state index contributed by atoms with van der Waals surface area (Å²) in [6, 6.07) is 18.5. The van der Waals surface area contributed by atoms with Gasteiger partial charge in [-0.05, 0) is 35.9 Å². The van der Waals surface area contributed by atoms with Crippen molar-refractivity contribution in [1.29, 1.82) is 5.26 Å². The number of nitrogens with zero attached hydrogens (tertiary/aromatic N) is 3. The predicted molar refractivity (Wildman–Crippen MR) is 96.9 cm³/mol. The molecular weight excluding hydrogens is 314 g/mol. The second-order valence-electron chi connectivity index (χ2n) is 5.88. The van der Waals surface area contributed by atoms with Gasteiger partial charge in [-0.1, -0.05) is 30.3 Å². The number of aromatic hydroxyl groups is 1. The number of hydrogen-bond donors (Lipinski definition) is 1. The standard InChI is InChI=1S/C20H19N3O2/c21-15-17(14-16-6-8-19(24)9-7-16)20(25)23-12-10-22(11-13-23)18-4-2-1-3-5-18/h1-9,14,24H,10-13H2/b17-14-. The molecule has 5 nitrogen and oxygen atoms in total. The van der Waals surface area contributed by atoms with E-state index in [4.69, 9.17) is 0 Å². The second-order valence-corrected chi connectivity index (χ2v) is 5.88. The third-order valence-corrected chi connectivity index (χ3v) is 4.24. The number of carbonyl (C=O) groups is 1. The molecule has 5 heteroatoms. The van der Waals surface area contributed by atoms with Gasteiger partial charge in [-0.15, -0.1) is 0 Å². The monoisotopic (exact) mass is 333 g/mol. The summed E-state index contributed by atoms with van der Waals surface area (Å²) in [6.07, 6.45) is 1.56. The summed E-state index contributed by atoms with van der Waals surface area (Å²) in [5, 5.41) is 18.7. The Bertz CT molecular complexity index is 799. The minimum absolute atomic E-state index is 0.110. The zero-order valence-electron chi connectivity index (χ0n) is 13.8. The maximum atomic E-state index is 12.6. The van der Waals surface area contributed by atoms with Gasteiger partial charge in [0.25, 0.3) is 5.91 Å². The van der Waals surface area contributed by atoms with E-state index in [1.807, 2.05) is 24.3 Å². The molecule has 3 rings (SSSR count). The SMILES string of the molecule is N#C/C(=C/c1ccc(O)cc1)C(=O)N1CCN(c2ccccc2)CC1. The Kier molecular flexibility index (Phi) is 5.00. The zero-order chi connectivity index (χ0) is 17.6. The lowest BCUT2D eigenvalue weighted by Gasteiger charge is -2.36. The van der Waals surface area contributed by atoms with Crippen LogP contribution in [0.25, 0.3) is 6.08 Å². The van der Waals surface area contributed by atoms with Gasteiger partial charge in [0.2, 0.25) is 0 Å². The molecule has 1 saturated heterocycles. The van der Waals surface area contributed by atoms with Crippen LogP contribution in [0.3, 0.4) is 0 Å². The quantitative estimate of drug-likeness (QED) is 0.693. The van der Waals surface area contributed by atoms with Gasteiger partial charge >= 0.3 is 0 Å². The molecule has 1 amide bonds. The highest BCUT2D eigenvalue weighted by atomic mass is 16.3. The van der Waals surface area contributed by atoms with Gasteiger partial charge in [-0.3, -0.25) is 4.79 Å². The molecule has 2 aromatic rings. The van der Waals surface area contributed by atoms with Crippen molar-refractivity contribution in [3.8, 4) is 11.8 Å². The first kappa shape index (κ1) is 16.6. The molecule has 1 fully saturated rings. The molecule has 0 radical (unpaired) electrons. The molecule has 0 aliphatic carbocycles. The highest BCUT2D eigenvalue weighted by Gasteiger charge is 2.23. The van der Waals surface area contributed by atoms with Crippen LogP contribution >= 0.6 is 0 Å². The molecule has 25 heavy (non-hydrogen) atoms. The Morgan fingerprint density at radius 3 is 2.24 bits per heavy atom. The van der Waals surface area contributed by atoms with E-state index in [1.165, 1.54) is 12.1 Å². The average molecular weight is 333 g/mol. The highest BCUT2D eigenvalue weighted by Crippen LogP contribution is 2.18. The van der Waals surface area contributed by atoms with Crippen LogP contribution in [0.4, 0.5) is 5.69 Å². The van der Waals surface area contributed by atoms with Crippen molar-refractivity contribution in [1.82, 2.24) is 4.90 Å². The number of benzene rings is 2. The minimum atomic E-state index is -0.247. The largest absolute Gasteiger partial charge is 0.508 e. The fourth-order valence-corrected chi connectivity index (χ4v) is 2.86. The van der Waals surface area contributed by atoms with Crippen LogP contribution in [0.15, 0.2) is 60.2 Å². The zero-order valence-corrected chi connectivity index (χ0v) is 13.8. The summed E-state index contributed by atoms with van der Waals surface area (Å²) in [5.74, 6) is -0.0951. The summed E-state index contributed by atoms with van der Waals surface area (Å²) >= 11 is 0. The highest BCUT2D eigenvalue weighted by molar-refractivity contribution is 6.01. The van der Waals surface area contributed by atoms with Crippen LogP contribution < -0.4 is 4.90 Å². The van der Waals surface area contributed by atoms with Crippen LogP contribution in [-0.4, -0.2) is 42.1 Å². The summed E-state index contributed by atoms with van der Waals surface area (Å²) < 4.78 is 0. The maximum Gasteiger partial charge on any atom is 0.264 e. The molecule has 0 unspecified atom stereocenters. The van der Waals surface area contributed by atoms with Crippen molar-refractivity contribution < 1.29 is 9.90 Å². The summed E-state index contributed by atoms with van der Waals surface area (Å²) in [6.45, 7) is 2.66. The van der Waals surface area contributed by atoms with E-state index in [0.717, 1.165) is 18.8 Å². The molecular formula is C20H19N3O2. The Morgan fingerprint density at radius 1 is 1.00 bits per heavy atom. The third-order valence-electron chi connectivity index (χ3n) is 4.24. The molecule has 126 valence electrons. The van der Waals surface area contributed by atoms with Gasteiger partial charge in [0, 0.05) is 31.9 Å². The first-order valence-electron chi connectivity index (χ1n) is 8.17. The molecule has 0 atom stereocenters. The van der Waals surface area contributed by atoms with E-state index in [0.29, 0.717) is 18.7 Å². The minimum Gasteiger partial charge on any atom is -0.508 e. The fourth-order valence-electron chi connectivity index (χ4n) is 2.86. The summed E-state index contributed by atoms with van der Waals surface area (Å²) in [7, 11) is 0. The van der Waals surface area contributed by atoms with Crippen LogP contribution in [0, 0.1) is 11.3 Å². The molecule has 2 aromatic carbocycles. The molecule has 1 N–H and O–H groups in total. The Hall–Kier alpha value is -3.26. The van der Waals surface area contributed by atoms with Crippen molar-refractivity contribution in [3.63, 3.8) is 0 Å². The number of rotatable bonds is 3. The smallest absolute Gasteiger partial charge is 0.264 e. The second kappa shape index (κ2) is 7.54. The molecule has 0 bridgehead atoms. The summed E-state index contributed by atoms with van der Waals surface area (Å²) in [5.41, 5.74) is 1.97. The molecule has 0 aromatic heterocycles. The van der Waals surface area contributed by atoms with E-state index in [2.05, 4.69) is 17.0 Å². The van der Waals surface area contributed by atoms with E-state index < -0.39 is 0 Å². The maximum absolute atomic E-state index is 12.6. The molecule has 1 heterocycles. The molecule has 1 aliphatic rings. The van der Waals surface area contributed by atoms with E-state index in [1.54, 1.807) is 23.1 Å². The Morgan fingerprint density at radius 2 is 1.64 bits per heavy atom. The molecule has 1 aliphatic heterocycles. The lowest BCUT2D eigenvalue weighted by Crippen LogP contribution is -2.49.